The number of nitrogens with one attached hydrogen (secondary N) is 1. The molecule has 2 heterocycles. The zero-order valence-corrected chi connectivity index (χ0v) is 12.4. The van der Waals surface area contributed by atoms with Crippen LogP contribution in [0.4, 0.5) is 5.69 Å². The Morgan fingerprint density at radius 2 is 1.95 bits per heavy atom. The summed E-state index contributed by atoms with van der Waals surface area (Å²) in [6, 6.07) is 7.03. The normalized spacial score (nSPS) is 26.6. The molecule has 0 spiro atoms. The van der Waals surface area contributed by atoms with Crippen molar-refractivity contribution in [3.05, 3.63) is 29.8 Å². The van der Waals surface area contributed by atoms with Gasteiger partial charge in [-0.2, -0.15) is 5.10 Å². The third-order valence-electron chi connectivity index (χ3n) is 4.06. The number of rotatable bonds is 2. The van der Waals surface area contributed by atoms with E-state index in [4.69, 9.17) is 0 Å². The van der Waals surface area contributed by atoms with E-state index in [1.54, 1.807) is 19.1 Å². The molecule has 7 nitrogen and oxygen atoms in total. The fourth-order valence-electron chi connectivity index (χ4n) is 2.78. The molecule has 0 aliphatic carbocycles. The van der Waals surface area contributed by atoms with Crippen LogP contribution < -0.4 is 10.3 Å². The molecule has 7 heteroatoms. The molecule has 0 bridgehead atoms. The summed E-state index contributed by atoms with van der Waals surface area (Å²) < 4.78 is 4.64. The van der Waals surface area contributed by atoms with Gasteiger partial charge in [0.1, 0.15) is 11.5 Å². The highest BCUT2D eigenvalue weighted by Crippen LogP contribution is 2.38. The maximum atomic E-state index is 12.7. The quantitative estimate of drug-likeness (QED) is 0.630. The minimum Gasteiger partial charge on any atom is -0.464 e. The predicted molar refractivity (Wildman–Crippen MR) is 78.2 cm³/mol. The first-order valence-corrected chi connectivity index (χ1v) is 6.78. The average molecular weight is 301 g/mol. The van der Waals surface area contributed by atoms with E-state index in [-0.39, 0.29) is 5.71 Å². The summed E-state index contributed by atoms with van der Waals surface area (Å²) in [4.78, 5) is 38.2. The molecular formula is C15H15N3O4. The third kappa shape index (κ3) is 1.75. The number of fused-ring (bicyclic) bond motifs is 1. The third-order valence-corrected chi connectivity index (χ3v) is 4.06. The summed E-state index contributed by atoms with van der Waals surface area (Å²) in [6.07, 6.45) is 0. The fourth-order valence-corrected chi connectivity index (χ4v) is 2.78. The van der Waals surface area contributed by atoms with Crippen LogP contribution in [0.15, 0.2) is 29.4 Å². The second-order valence-electron chi connectivity index (χ2n) is 5.55. The molecule has 0 radical (unpaired) electrons. The number of imide groups is 1. The molecule has 1 N–H and O–H groups in total. The van der Waals surface area contributed by atoms with E-state index >= 15 is 0 Å². The number of hydrogen-bond acceptors (Lipinski definition) is 6. The van der Waals surface area contributed by atoms with Gasteiger partial charge in [0.15, 0.2) is 5.71 Å². The maximum absolute atomic E-state index is 12.7. The molecule has 22 heavy (non-hydrogen) atoms. The standard InChI is InChI=1S/C15H15N3O4/c1-8-4-6-9(7-5-8)18-12(19)10-11(13(20)22-3)16-17-15(10,2)14(18)21/h4-7,10,17H,1-3H3/t10-,15-/m1/s1. The van der Waals surface area contributed by atoms with Crippen molar-refractivity contribution in [2.24, 2.45) is 11.0 Å². The van der Waals surface area contributed by atoms with Crippen molar-refractivity contribution >= 4 is 29.2 Å². The summed E-state index contributed by atoms with van der Waals surface area (Å²) in [7, 11) is 1.21. The number of hydrogen-bond donors (Lipinski definition) is 1. The van der Waals surface area contributed by atoms with Gasteiger partial charge in [0.05, 0.1) is 12.8 Å². The number of benzene rings is 1. The van der Waals surface area contributed by atoms with Gasteiger partial charge in [-0.25, -0.2) is 9.69 Å². The molecule has 1 saturated heterocycles. The molecule has 0 saturated carbocycles. The van der Waals surface area contributed by atoms with Crippen LogP contribution in [0.5, 0.6) is 0 Å². The van der Waals surface area contributed by atoms with Crippen molar-refractivity contribution in [1.82, 2.24) is 5.43 Å². The largest absolute Gasteiger partial charge is 0.464 e. The predicted octanol–water partition coefficient (Wildman–Crippen LogP) is 0.375. The van der Waals surface area contributed by atoms with E-state index in [1.165, 1.54) is 7.11 Å². The minimum absolute atomic E-state index is 0.0713. The molecule has 1 aromatic carbocycles. The van der Waals surface area contributed by atoms with Crippen LogP contribution >= 0.6 is 0 Å². The Balaban J connectivity index is 2.03. The van der Waals surface area contributed by atoms with E-state index in [1.807, 2.05) is 19.1 Å². The van der Waals surface area contributed by atoms with Crippen molar-refractivity contribution in [3.63, 3.8) is 0 Å². The van der Waals surface area contributed by atoms with Gasteiger partial charge in [0.25, 0.3) is 5.91 Å². The minimum atomic E-state index is -1.26. The Hall–Kier alpha value is -2.70. The van der Waals surface area contributed by atoms with Gasteiger partial charge in [0, 0.05) is 0 Å². The van der Waals surface area contributed by atoms with Crippen LogP contribution in [0, 0.1) is 12.8 Å². The highest BCUT2D eigenvalue weighted by atomic mass is 16.5. The first-order chi connectivity index (χ1) is 10.4. The van der Waals surface area contributed by atoms with Crippen LogP contribution in [0.1, 0.15) is 12.5 Å². The van der Waals surface area contributed by atoms with Crippen LogP contribution in [-0.4, -0.2) is 36.1 Å². The van der Waals surface area contributed by atoms with E-state index in [9.17, 15) is 14.4 Å². The lowest BCUT2D eigenvalue weighted by molar-refractivity contribution is -0.133. The van der Waals surface area contributed by atoms with Gasteiger partial charge in [-0.05, 0) is 26.0 Å². The molecule has 114 valence electrons. The Bertz CT molecular complexity index is 710. The number of ether oxygens (including phenoxy) is 1. The lowest BCUT2D eigenvalue weighted by Gasteiger charge is -2.20. The maximum Gasteiger partial charge on any atom is 0.355 e. The molecule has 2 aliphatic rings. The summed E-state index contributed by atoms with van der Waals surface area (Å²) in [6.45, 7) is 3.47. The summed E-state index contributed by atoms with van der Waals surface area (Å²) in [5.74, 6) is -2.61. The number of carbonyl (C=O) groups excluding carboxylic acids is 3. The Labute approximate surface area is 126 Å². The lowest BCUT2D eigenvalue weighted by atomic mass is 9.86. The molecule has 2 amide bonds. The fraction of sp³-hybridized carbons (Fsp3) is 0.333. The summed E-state index contributed by atoms with van der Waals surface area (Å²) in [5, 5.41) is 3.83. The second-order valence-corrected chi connectivity index (χ2v) is 5.55. The van der Waals surface area contributed by atoms with E-state index in [0.717, 1.165) is 10.5 Å². The molecule has 0 unspecified atom stereocenters. The van der Waals surface area contributed by atoms with E-state index in [2.05, 4.69) is 15.3 Å². The second kappa shape index (κ2) is 4.66. The van der Waals surface area contributed by atoms with Crippen LogP contribution in [0.25, 0.3) is 0 Å². The zero-order chi connectivity index (χ0) is 16.1. The number of nitrogens with zero attached hydrogens (tertiary/aromatic N) is 2. The number of aryl methyl sites for hydroxylation is 1. The van der Waals surface area contributed by atoms with Gasteiger partial charge in [-0.3, -0.25) is 15.0 Å². The number of hydrazone groups is 1. The molecule has 3 rings (SSSR count). The van der Waals surface area contributed by atoms with Crippen molar-refractivity contribution in [1.29, 1.82) is 0 Å². The van der Waals surface area contributed by atoms with Crippen molar-refractivity contribution in [2.75, 3.05) is 12.0 Å². The first-order valence-electron chi connectivity index (χ1n) is 6.78. The molecule has 2 atom stereocenters. The lowest BCUT2D eigenvalue weighted by Crippen LogP contribution is -2.48. The van der Waals surface area contributed by atoms with Gasteiger partial charge >= 0.3 is 5.97 Å². The van der Waals surface area contributed by atoms with Crippen LogP contribution in [0.2, 0.25) is 0 Å². The summed E-state index contributed by atoms with van der Waals surface area (Å²) >= 11 is 0. The Morgan fingerprint density at radius 1 is 1.32 bits per heavy atom. The van der Waals surface area contributed by atoms with Gasteiger partial charge < -0.3 is 4.74 Å². The average Bonchev–Trinajstić information content (AvgIpc) is 2.95. The number of methoxy groups -OCH3 is 1. The van der Waals surface area contributed by atoms with Gasteiger partial charge in [-0.15, -0.1) is 0 Å². The van der Waals surface area contributed by atoms with Gasteiger partial charge in [0.2, 0.25) is 5.91 Å². The first kappa shape index (κ1) is 14.2. The molecular weight excluding hydrogens is 286 g/mol. The Kier molecular flexibility index (Phi) is 3.01. The van der Waals surface area contributed by atoms with Crippen molar-refractivity contribution < 1.29 is 19.1 Å². The topological polar surface area (TPSA) is 88.1 Å². The number of amides is 2. The zero-order valence-electron chi connectivity index (χ0n) is 12.4. The SMILES string of the molecule is COC(=O)C1=NN[C@@]2(C)C(=O)N(c3ccc(C)cc3)C(=O)[C@@H]12. The monoisotopic (exact) mass is 301 g/mol. The van der Waals surface area contributed by atoms with Crippen LogP contribution in [0.3, 0.4) is 0 Å². The van der Waals surface area contributed by atoms with Crippen LogP contribution in [-0.2, 0) is 19.1 Å². The summed E-state index contributed by atoms with van der Waals surface area (Å²) in [5.41, 5.74) is 2.79. The Morgan fingerprint density at radius 3 is 2.55 bits per heavy atom. The number of anilines is 1. The smallest absolute Gasteiger partial charge is 0.355 e. The highest BCUT2D eigenvalue weighted by molar-refractivity contribution is 6.47. The molecule has 1 fully saturated rings. The molecule has 2 aliphatic heterocycles. The van der Waals surface area contributed by atoms with Gasteiger partial charge in [-0.1, -0.05) is 17.7 Å². The van der Waals surface area contributed by atoms with Crippen molar-refractivity contribution in [3.8, 4) is 0 Å². The molecule has 1 aromatic rings. The number of esters is 1. The number of carbonyl (C=O) groups is 3. The van der Waals surface area contributed by atoms with Crippen molar-refractivity contribution in [2.45, 2.75) is 19.4 Å². The van der Waals surface area contributed by atoms with E-state index < -0.39 is 29.2 Å². The molecule has 0 aromatic heterocycles. The highest BCUT2D eigenvalue weighted by Gasteiger charge is 2.63. The van der Waals surface area contributed by atoms with E-state index in [0.29, 0.717) is 5.69 Å².